The zero-order valence-electron chi connectivity index (χ0n) is 12.1. The first-order chi connectivity index (χ1) is 10.8. The third-order valence-corrected chi connectivity index (χ3v) is 4.10. The molecule has 1 fully saturated rings. The summed E-state index contributed by atoms with van der Waals surface area (Å²) in [4.78, 5) is 9.13. The van der Waals surface area contributed by atoms with E-state index in [9.17, 15) is 4.39 Å². The molecule has 0 bridgehead atoms. The summed E-state index contributed by atoms with van der Waals surface area (Å²) in [5.74, 6) is 0.644. The van der Waals surface area contributed by atoms with Gasteiger partial charge < -0.3 is 9.30 Å². The lowest BCUT2D eigenvalue weighted by atomic mass is 10.1. The molecule has 1 aliphatic rings. The normalized spacial score (nSPS) is 18.1. The van der Waals surface area contributed by atoms with Gasteiger partial charge in [-0.1, -0.05) is 18.2 Å². The standard InChI is InChI=1S/C17H16FN3O/c18-14-5-2-1-4-12(14)10-16-20-15-6-3-8-19-17(15)21(16)13-7-9-22-11-13/h1-6,8,13H,7,9-11H2. The van der Waals surface area contributed by atoms with E-state index in [2.05, 4.69) is 14.5 Å². The number of hydrogen-bond donors (Lipinski definition) is 0. The van der Waals surface area contributed by atoms with Gasteiger partial charge in [0.25, 0.3) is 0 Å². The van der Waals surface area contributed by atoms with Gasteiger partial charge in [0, 0.05) is 19.2 Å². The summed E-state index contributed by atoms with van der Waals surface area (Å²) >= 11 is 0. The van der Waals surface area contributed by atoms with Crippen molar-refractivity contribution < 1.29 is 9.13 Å². The minimum absolute atomic E-state index is 0.197. The summed E-state index contributed by atoms with van der Waals surface area (Å²) in [6.07, 6.45) is 3.16. The van der Waals surface area contributed by atoms with Crippen molar-refractivity contribution in [1.29, 1.82) is 0 Å². The highest BCUT2D eigenvalue weighted by Crippen LogP contribution is 2.27. The fourth-order valence-corrected chi connectivity index (χ4v) is 3.02. The fourth-order valence-electron chi connectivity index (χ4n) is 3.02. The molecule has 0 spiro atoms. The van der Waals surface area contributed by atoms with E-state index in [1.54, 1.807) is 18.3 Å². The molecule has 0 N–H and O–H groups in total. The van der Waals surface area contributed by atoms with Gasteiger partial charge in [0.2, 0.25) is 0 Å². The summed E-state index contributed by atoms with van der Waals surface area (Å²) < 4.78 is 21.6. The minimum Gasteiger partial charge on any atom is -0.379 e. The van der Waals surface area contributed by atoms with Crippen LogP contribution < -0.4 is 0 Å². The lowest BCUT2D eigenvalue weighted by Gasteiger charge is -2.14. The highest BCUT2D eigenvalue weighted by molar-refractivity contribution is 5.71. The van der Waals surface area contributed by atoms with E-state index in [0.29, 0.717) is 18.6 Å². The topological polar surface area (TPSA) is 39.9 Å². The molecule has 1 unspecified atom stereocenters. The van der Waals surface area contributed by atoms with Gasteiger partial charge in [0.15, 0.2) is 5.65 Å². The third-order valence-electron chi connectivity index (χ3n) is 4.10. The average molecular weight is 297 g/mol. The van der Waals surface area contributed by atoms with Crippen LogP contribution in [0.3, 0.4) is 0 Å². The predicted molar refractivity (Wildman–Crippen MR) is 81.2 cm³/mol. The Morgan fingerprint density at radius 3 is 2.95 bits per heavy atom. The van der Waals surface area contributed by atoms with Crippen molar-refractivity contribution >= 4 is 11.2 Å². The second-order valence-corrected chi connectivity index (χ2v) is 5.53. The SMILES string of the molecule is Fc1ccccc1Cc1nc2cccnc2n1C1CCOC1. The van der Waals surface area contributed by atoms with E-state index in [1.807, 2.05) is 18.2 Å². The number of rotatable bonds is 3. The smallest absolute Gasteiger partial charge is 0.160 e. The molecule has 1 aromatic carbocycles. The molecule has 4 nitrogen and oxygen atoms in total. The number of pyridine rings is 1. The van der Waals surface area contributed by atoms with E-state index in [4.69, 9.17) is 4.74 Å². The summed E-state index contributed by atoms with van der Waals surface area (Å²) in [6.45, 7) is 1.41. The largest absolute Gasteiger partial charge is 0.379 e. The number of benzene rings is 1. The van der Waals surface area contributed by atoms with Crippen molar-refractivity contribution in [1.82, 2.24) is 14.5 Å². The molecule has 0 amide bonds. The minimum atomic E-state index is -0.197. The molecular weight excluding hydrogens is 281 g/mol. The van der Waals surface area contributed by atoms with Gasteiger partial charge in [-0.15, -0.1) is 0 Å². The summed E-state index contributed by atoms with van der Waals surface area (Å²) in [5.41, 5.74) is 2.35. The molecule has 1 atom stereocenters. The maximum absolute atomic E-state index is 14.0. The Balaban J connectivity index is 1.82. The van der Waals surface area contributed by atoms with Crippen LogP contribution in [-0.4, -0.2) is 27.7 Å². The van der Waals surface area contributed by atoms with Crippen molar-refractivity contribution in [3.63, 3.8) is 0 Å². The zero-order valence-corrected chi connectivity index (χ0v) is 12.1. The molecule has 3 aromatic rings. The maximum Gasteiger partial charge on any atom is 0.160 e. The molecule has 4 rings (SSSR count). The molecular formula is C17H16FN3O. The number of fused-ring (bicyclic) bond motifs is 1. The molecule has 0 saturated carbocycles. The Morgan fingerprint density at radius 2 is 2.14 bits per heavy atom. The van der Waals surface area contributed by atoms with Crippen LogP contribution in [0.1, 0.15) is 23.9 Å². The quantitative estimate of drug-likeness (QED) is 0.745. The average Bonchev–Trinajstić information content (AvgIpc) is 3.16. The molecule has 1 saturated heterocycles. The van der Waals surface area contributed by atoms with Gasteiger partial charge in [0.1, 0.15) is 17.2 Å². The molecule has 112 valence electrons. The Bertz CT molecular complexity index is 809. The second-order valence-electron chi connectivity index (χ2n) is 5.53. The van der Waals surface area contributed by atoms with E-state index in [-0.39, 0.29) is 11.9 Å². The number of ether oxygens (including phenoxy) is 1. The number of halogens is 1. The van der Waals surface area contributed by atoms with Crippen LogP contribution in [0.5, 0.6) is 0 Å². The molecule has 0 aliphatic carbocycles. The Labute approximate surface area is 127 Å². The first-order valence-corrected chi connectivity index (χ1v) is 7.46. The van der Waals surface area contributed by atoms with Crippen LogP contribution in [0, 0.1) is 5.82 Å². The number of nitrogens with zero attached hydrogens (tertiary/aromatic N) is 3. The van der Waals surface area contributed by atoms with Crippen LogP contribution in [0.2, 0.25) is 0 Å². The first-order valence-electron chi connectivity index (χ1n) is 7.46. The third kappa shape index (κ3) is 2.27. The van der Waals surface area contributed by atoms with E-state index in [0.717, 1.165) is 30.0 Å². The number of aromatic nitrogens is 3. The molecule has 2 aromatic heterocycles. The summed E-state index contributed by atoms with van der Waals surface area (Å²) in [7, 11) is 0. The van der Waals surface area contributed by atoms with Gasteiger partial charge in [-0.3, -0.25) is 0 Å². The van der Waals surface area contributed by atoms with Gasteiger partial charge in [-0.2, -0.15) is 0 Å². The van der Waals surface area contributed by atoms with Crippen LogP contribution in [-0.2, 0) is 11.2 Å². The second kappa shape index (κ2) is 5.50. The lowest BCUT2D eigenvalue weighted by molar-refractivity contribution is 0.186. The number of imidazole rings is 1. The first kappa shape index (κ1) is 13.4. The lowest BCUT2D eigenvalue weighted by Crippen LogP contribution is -2.13. The summed E-state index contributed by atoms with van der Waals surface area (Å²) in [6, 6.07) is 10.9. The van der Waals surface area contributed by atoms with Crippen LogP contribution in [0.25, 0.3) is 11.2 Å². The van der Waals surface area contributed by atoms with Gasteiger partial charge in [0.05, 0.1) is 12.6 Å². The maximum atomic E-state index is 14.0. The van der Waals surface area contributed by atoms with Gasteiger partial charge in [-0.05, 0) is 30.2 Å². The summed E-state index contributed by atoms with van der Waals surface area (Å²) in [5, 5.41) is 0. The van der Waals surface area contributed by atoms with Crippen LogP contribution >= 0.6 is 0 Å². The van der Waals surface area contributed by atoms with Crippen molar-refractivity contribution in [2.45, 2.75) is 18.9 Å². The highest BCUT2D eigenvalue weighted by atomic mass is 19.1. The van der Waals surface area contributed by atoms with Crippen molar-refractivity contribution in [3.05, 3.63) is 59.8 Å². The van der Waals surface area contributed by atoms with Crippen molar-refractivity contribution in [2.75, 3.05) is 13.2 Å². The van der Waals surface area contributed by atoms with Crippen molar-refractivity contribution in [2.24, 2.45) is 0 Å². The van der Waals surface area contributed by atoms with E-state index >= 15 is 0 Å². The Hall–Kier alpha value is -2.27. The van der Waals surface area contributed by atoms with Gasteiger partial charge in [-0.25, -0.2) is 14.4 Å². The fraction of sp³-hybridized carbons (Fsp3) is 0.294. The molecule has 3 heterocycles. The zero-order chi connectivity index (χ0) is 14.9. The number of hydrogen-bond acceptors (Lipinski definition) is 3. The molecule has 5 heteroatoms. The van der Waals surface area contributed by atoms with E-state index in [1.165, 1.54) is 6.07 Å². The van der Waals surface area contributed by atoms with Crippen molar-refractivity contribution in [3.8, 4) is 0 Å². The van der Waals surface area contributed by atoms with Crippen LogP contribution in [0.4, 0.5) is 4.39 Å². The highest BCUT2D eigenvalue weighted by Gasteiger charge is 2.24. The van der Waals surface area contributed by atoms with Crippen LogP contribution in [0.15, 0.2) is 42.6 Å². The molecule has 22 heavy (non-hydrogen) atoms. The molecule has 1 aliphatic heterocycles. The predicted octanol–water partition coefficient (Wildman–Crippen LogP) is 3.12. The Morgan fingerprint density at radius 1 is 1.23 bits per heavy atom. The van der Waals surface area contributed by atoms with E-state index < -0.39 is 0 Å². The molecule has 0 radical (unpaired) electrons. The Kier molecular flexibility index (Phi) is 3.35. The monoisotopic (exact) mass is 297 g/mol. The van der Waals surface area contributed by atoms with Gasteiger partial charge >= 0.3 is 0 Å².